The van der Waals surface area contributed by atoms with Crippen LogP contribution < -0.4 is 52.3 Å². The van der Waals surface area contributed by atoms with Crippen molar-refractivity contribution in [3.63, 3.8) is 0 Å². The second-order valence-electron chi connectivity index (χ2n) is 22.0. The van der Waals surface area contributed by atoms with Gasteiger partial charge in [-0.05, 0) is 70.8 Å². The second kappa shape index (κ2) is 35.3. The molecule has 0 aliphatic carbocycles. The molecule has 31 heteroatoms. The van der Waals surface area contributed by atoms with Gasteiger partial charge in [0.05, 0.1) is 111 Å². The maximum absolute atomic E-state index is 14.2. The van der Waals surface area contributed by atoms with Gasteiger partial charge < -0.3 is 105 Å². The summed E-state index contributed by atoms with van der Waals surface area (Å²) in [5, 5.41) is 34.5. The number of aromatic amines is 1. The van der Waals surface area contributed by atoms with Crippen molar-refractivity contribution < 1.29 is 86.3 Å². The summed E-state index contributed by atoms with van der Waals surface area (Å²) in [6.45, 7) is 4.89. The van der Waals surface area contributed by atoms with E-state index in [2.05, 4.69) is 56.5 Å². The quantitative estimate of drug-likeness (QED) is 0.0192. The number of benzene rings is 5. The van der Waals surface area contributed by atoms with Gasteiger partial charge in [0.25, 0.3) is 5.91 Å². The number of aromatic hydroxyl groups is 2. The average Bonchev–Trinajstić information content (AvgIpc) is 1.47. The lowest BCUT2D eigenvalue weighted by atomic mass is 9.77. The first-order valence-corrected chi connectivity index (χ1v) is 31.4. The number of phenolic OH excluding ortho intramolecular Hbond substituents is 2. The summed E-state index contributed by atoms with van der Waals surface area (Å²) in [5.41, 5.74) is 15.6. The highest BCUT2D eigenvalue weighted by Crippen LogP contribution is 2.57. The third-order valence-corrected chi connectivity index (χ3v) is 15.0. The van der Waals surface area contributed by atoms with Crippen LogP contribution in [-0.2, 0) is 79.5 Å². The van der Waals surface area contributed by atoms with Gasteiger partial charge >= 0.3 is 18.0 Å². The number of carbonyl (C=O) groups excluding carboxylic acids is 5. The first kappa shape index (κ1) is 70.0. The third kappa shape index (κ3) is 19.7. The van der Waals surface area contributed by atoms with E-state index in [-0.39, 0.29) is 150 Å². The van der Waals surface area contributed by atoms with Crippen LogP contribution in [0, 0.1) is 0 Å². The maximum Gasteiger partial charge on any atom is 0.340 e. The Morgan fingerprint density at radius 1 is 0.561 bits per heavy atom. The van der Waals surface area contributed by atoms with Crippen LogP contribution in [0.5, 0.6) is 34.9 Å². The number of nitrogens with one attached hydrogen (secondary N) is 6. The Balaban J connectivity index is 0.611. The maximum atomic E-state index is 14.2. The Bertz CT molecular complexity index is 3940. The van der Waals surface area contributed by atoms with Crippen molar-refractivity contribution >= 4 is 52.7 Å². The number of urea groups is 1. The number of nitrogen functional groups attached to an aromatic ring is 2. The Hall–Kier alpha value is -10.8. The molecule has 0 bridgehead atoms. The zero-order valence-corrected chi connectivity index (χ0v) is 53.3. The van der Waals surface area contributed by atoms with Crippen molar-refractivity contribution in [3.05, 3.63) is 172 Å². The zero-order valence-electron chi connectivity index (χ0n) is 53.3. The molecule has 5 aromatic carbocycles. The first-order valence-electron chi connectivity index (χ1n) is 31.4. The van der Waals surface area contributed by atoms with Crippen molar-refractivity contribution in [3.8, 4) is 34.9 Å². The van der Waals surface area contributed by atoms with Gasteiger partial charge in [0.15, 0.2) is 16.8 Å². The number of anilines is 2. The molecule has 2 aliphatic heterocycles. The Morgan fingerprint density at radius 2 is 1.12 bits per heavy atom. The predicted molar refractivity (Wildman–Crippen MR) is 349 cm³/mol. The van der Waals surface area contributed by atoms with Gasteiger partial charge in [-0.2, -0.15) is 15.0 Å². The number of hydrogen-bond acceptors (Lipinski definition) is 25. The average molecular weight is 1350 g/mol. The minimum atomic E-state index is -1.67. The SMILES string of the molecule is Nc1ccnc(OCc2ccc(CNC(=O)NCCOCCOCCOCCNC(=O)C(CC(=O)NCCOCCOCCOCCOCc3ccc(COc4nc(N)nc5[nH]cnc45)cc3)NC(=O)c3ccc4c(c3)C3(OC4=O)c4ccc(O)cc4Oc4cc(O)ccc43)cc2)n1. The first-order chi connectivity index (χ1) is 47.8. The fourth-order valence-electron chi connectivity index (χ4n) is 10.2. The number of imidazole rings is 1. The van der Waals surface area contributed by atoms with Crippen LogP contribution in [0.4, 0.5) is 16.6 Å². The van der Waals surface area contributed by atoms with Crippen LogP contribution in [-0.4, -0.2) is 181 Å². The summed E-state index contributed by atoms with van der Waals surface area (Å²) in [6.07, 6.45) is 2.55. The molecule has 1 unspecified atom stereocenters. The number of phenols is 2. The van der Waals surface area contributed by atoms with E-state index < -0.39 is 41.8 Å². The third-order valence-electron chi connectivity index (χ3n) is 15.0. The number of rotatable bonds is 39. The highest BCUT2D eigenvalue weighted by atomic mass is 16.6. The van der Waals surface area contributed by atoms with Gasteiger partial charge in [0.2, 0.25) is 23.6 Å². The number of nitrogens with zero attached hydrogens (tertiary/aromatic N) is 5. The molecule has 31 nitrogen and oxygen atoms in total. The second-order valence-corrected chi connectivity index (χ2v) is 22.0. The van der Waals surface area contributed by atoms with Gasteiger partial charge in [0.1, 0.15) is 48.1 Å². The Morgan fingerprint density at radius 3 is 1.74 bits per heavy atom. The molecule has 0 fully saturated rings. The number of hydrogen-bond donors (Lipinski definition) is 10. The van der Waals surface area contributed by atoms with Crippen LogP contribution >= 0.6 is 0 Å². The molecule has 0 saturated carbocycles. The molecule has 1 spiro atoms. The molecule has 1 atom stereocenters. The largest absolute Gasteiger partial charge is 0.508 e. The summed E-state index contributed by atoms with van der Waals surface area (Å²) >= 11 is 0. The number of carbonyl (C=O) groups is 5. The van der Waals surface area contributed by atoms with Gasteiger partial charge in [-0.25, -0.2) is 19.6 Å². The summed E-state index contributed by atoms with van der Waals surface area (Å²) in [7, 11) is 0. The molecule has 98 heavy (non-hydrogen) atoms. The predicted octanol–water partition coefficient (Wildman–Crippen LogP) is 3.98. The number of amides is 5. The van der Waals surface area contributed by atoms with Crippen LogP contribution in [0.25, 0.3) is 11.2 Å². The molecule has 0 saturated heterocycles. The molecule has 5 heterocycles. The van der Waals surface area contributed by atoms with E-state index in [9.17, 15) is 34.2 Å². The molecule has 0 radical (unpaired) electrons. The summed E-state index contributed by atoms with van der Waals surface area (Å²) in [6, 6.07) is 28.2. The Labute approximate surface area is 561 Å². The smallest absolute Gasteiger partial charge is 0.340 e. The zero-order chi connectivity index (χ0) is 68.5. The summed E-state index contributed by atoms with van der Waals surface area (Å²) < 4.78 is 63.1. The minimum absolute atomic E-state index is 0.0129. The monoisotopic (exact) mass is 1350 g/mol. The number of aromatic nitrogens is 6. The summed E-state index contributed by atoms with van der Waals surface area (Å²) in [5.74, 6) is -1.99. The van der Waals surface area contributed by atoms with E-state index in [4.69, 9.17) is 63.6 Å². The van der Waals surface area contributed by atoms with Gasteiger partial charge in [-0.1, -0.05) is 48.5 Å². The van der Waals surface area contributed by atoms with E-state index in [1.165, 1.54) is 67.1 Å². The lowest BCUT2D eigenvalue weighted by Crippen LogP contribution is -2.50. The highest BCUT2D eigenvalue weighted by molar-refractivity contribution is 6.02. The van der Waals surface area contributed by atoms with Crippen LogP contribution in [0.15, 0.2) is 122 Å². The van der Waals surface area contributed by atoms with E-state index in [1.54, 1.807) is 6.07 Å². The van der Waals surface area contributed by atoms with E-state index in [0.29, 0.717) is 73.6 Å². The van der Waals surface area contributed by atoms with Crippen LogP contribution in [0.3, 0.4) is 0 Å². The number of ether oxygens (including phenoxy) is 11. The summed E-state index contributed by atoms with van der Waals surface area (Å²) in [4.78, 5) is 90.8. The van der Waals surface area contributed by atoms with Gasteiger partial charge in [-0.15, -0.1) is 0 Å². The molecular weight excluding hydrogens is 1270 g/mol. The topological polar surface area (TPSA) is 420 Å². The lowest BCUT2D eigenvalue weighted by molar-refractivity contribution is -0.128. The Kier molecular flexibility index (Phi) is 25.2. The molecule has 2 aliphatic rings. The van der Waals surface area contributed by atoms with E-state index in [0.717, 1.165) is 22.3 Å². The molecule has 12 N–H and O–H groups in total. The lowest BCUT2D eigenvalue weighted by Gasteiger charge is -2.36. The highest BCUT2D eigenvalue weighted by Gasteiger charge is 2.54. The van der Waals surface area contributed by atoms with Crippen molar-refractivity contribution in [2.75, 3.05) is 117 Å². The molecule has 10 rings (SSSR count). The fourth-order valence-corrected chi connectivity index (χ4v) is 10.2. The van der Waals surface area contributed by atoms with Crippen molar-refractivity contribution in [1.82, 2.24) is 56.5 Å². The number of nitrogens with two attached hydrogens (primary N) is 2. The number of H-pyrrole nitrogens is 1. The van der Waals surface area contributed by atoms with Crippen molar-refractivity contribution in [1.29, 1.82) is 0 Å². The molecular formula is C67H75N13O18. The number of fused-ring (bicyclic) bond motifs is 7. The van der Waals surface area contributed by atoms with Crippen LogP contribution in [0.2, 0.25) is 0 Å². The molecule has 516 valence electrons. The molecule has 3 aromatic heterocycles. The van der Waals surface area contributed by atoms with Crippen molar-refractivity contribution in [2.45, 2.75) is 44.4 Å². The van der Waals surface area contributed by atoms with Crippen molar-refractivity contribution in [2.24, 2.45) is 0 Å². The minimum Gasteiger partial charge on any atom is -0.508 e. The molecule has 8 aromatic rings. The van der Waals surface area contributed by atoms with E-state index in [1.807, 2.05) is 48.5 Å². The van der Waals surface area contributed by atoms with Gasteiger partial charge in [-0.3, -0.25) is 14.4 Å². The van der Waals surface area contributed by atoms with Crippen LogP contribution in [0.1, 0.15) is 66.1 Å². The normalized spacial score (nSPS) is 12.8. The fraction of sp³-hybridized carbons (Fsp3) is 0.343. The standard InChI is InChI=1S/C67H75N13O18/c68-56-15-16-73-66(78-56)96-40-45-3-1-42(2-4-45)37-74-65(87)72-19-22-90-25-28-91-27-24-89-21-18-71-61(85)53(77-60(84)46-9-12-49-52(33-46)67(98-63(49)86)50-13-10-47(81)34-54(50)97-55-35-48(82)11-14-51(55)67)36-57(83)70-17-20-88-23-26-92-29-30-93-31-32-94-38-43-5-7-44(8-6-43)39-95-62-58-59(76-41-75-58)79-64(69)80-62/h1-16,33-35,41,53,81-82H,17-32,36-40H2,(H,70,83)(H,71,85)(H,77,84)(H2,68,73,78)(H2,72,74,87)(H3,69,75,76,79,80). The number of esters is 1. The van der Waals surface area contributed by atoms with E-state index >= 15 is 0 Å². The van der Waals surface area contributed by atoms with Gasteiger partial charge in [0, 0.05) is 66.8 Å². The molecule has 5 amide bonds.